The van der Waals surface area contributed by atoms with Crippen molar-refractivity contribution in [2.24, 2.45) is 10.8 Å². The first-order valence-electron chi connectivity index (χ1n) is 7.15. The molecule has 1 heterocycles. The molecular weight excluding hydrogens is 330 g/mol. The van der Waals surface area contributed by atoms with E-state index in [1.54, 1.807) is 30.3 Å². The van der Waals surface area contributed by atoms with Crippen LogP contribution in [0.5, 0.6) is 11.5 Å². The normalized spacial score (nSPS) is 10.5. The minimum Gasteiger partial charge on any atom is -0.490 e. The molecule has 1 aromatic carbocycles. The molecule has 0 aliphatic carbocycles. The first-order valence-corrected chi connectivity index (χ1v) is 8.03. The summed E-state index contributed by atoms with van der Waals surface area (Å²) < 4.78 is 10.8. The van der Waals surface area contributed by atoms with Crippen LogP contribution in [0.2, 0.25) is 0 Å². The molecule has 0 unspecified atom stereocenters. The molecule has 0 spiro atoms. The third kappa shape index (κ3) is 5.10. The fraction of sp³-hybridized carbons (Fsp3) is 0.188. The highest BCUT2D eigenvalue weighted by atomic mass is 32.1. The van der Waals surface area contributed by atoms with E-state index < -0.39 is 5.91 Å². The van der Waals surface area contributed by atoms with Crippen LogP contribution in [0.1, 0.15) is 22.2 Å². The Labute approximate surface area is 143 Å². The van der Waals surface area contributed by atoms with E-state index >= 15 is 0 Å². The van der Waals surface area contributed by atoms with Crippen LogP contribution < -0.4 is 20.6 Å². The molecule has 0 aliphatic rings. The number of hydrazone groups is 1. The van der Waals surface area contributed by atoms with E-state index in [2.05, 4.69) is 10.5 Å². The zero-order valence-corrected chi connectivity index (χ0v) is 13.8. The molecule has 2 aromatic rings. The Balaban J connectivity index is 2.04. The second kappa shape index (κ2) is 8.68. The molecule has 0 radical (unpaired) electrons. The number of ether oxygens (including phenoxy) is 2. The van der Waals surface area contributed by atoms with Crippen LogP contribution in [0.3, 0.4) is 0 Å². The van der Waals surface area contributed by atoms with Gasteiger partial charge in [0.15, 0.2) is 18.1 Å². The summed E-state index contributed by atoms with van der Waals surface area (Å²) >= 11 is 1.34. The molecule has 1 aromatic heterocycles. The largest absolute Gasteiger partial charge is 0.490 e. The number of benzene rings is 1. The maximum atomic E-state index is 11.8. The van der Waals surface area contributed by atoms with Gasteiger partial charge in [0.25, 0.3) is 11.8 Å². The summed E-state index contributed by atoms with van der Waals surface area (Å²) in [5, 5.41) is 5.73. The minimum absolute atomic E-state index is 0.232. The molecule has 24 heavy (non-hydrogen) atoms. The SMILES string of the molecule is CCOc1cc(/C=N\NC(=O)c2cccs2)ccc1OCC(N)=O. The molecule has 0 fully saturated rings. The number of nitrogens with zero attached hydrogens (tertiary/aromatic N) is 1. The van der Waals surface area contributed by atoms with Gasteiger partial charge in [-0.3, -0.25) is 9.59 Å². The fourth-order valence-electron chi connectivity index (χ4n) is 1.77. The number of hydrogen-bond donors (Lipinski definition) is 2. The second-order valence-corrected chi connectivity index (χ2v) is 5.52. The lowest BCUT2D eigenvalue weighted by molar-refractivity contribution is -0.119. The Hall–Kier alpha value is -2.87. The summed E-state index contributed by atoms with van der Waals surface area (Å²) in [7, 11) is 0. The van der Waals surface area contributed by atoms with E-state index in [1.807, 2.05) is 12.3 Å². The van der Waals surface area contributed by atoms with Gasteiger partial charge in [-0.2, -0.15) is 5.10 Å². The van der Waals surface area contributed by atoms with Crippen molar-refractivity contribution < 1.29 is 19.1 Å². The third-order valence-corrected chi connectivity index (χ3v) is 3.63. The number of amides is 2. The summed E-state index contributed by atoms with van der Waals surface area (Å²) in [6.07, 6.45) is 1.49. The van der Waals surface area contributed by atoms with Crippen molar-refractivity contribution >= 4 is 29.4 Å². The van der Waals surface area contributed by atoms with Crippen molar-refractivity contribution in [2.75, 3.05) is 13.2 Å². The van der Waals surface area contributed by atoms with Gasteiger partial charge < -0.3 is 15.2 Å². The first-order chi connectivity index (χ1) is 11.6. The maximum Gasteiger partial charge on any atom is 0.281 e. The van der Waals surface area contributed by atoms with Gasteiger partial charge >= 0.3 is 0 Å². The van der Waals surface area contributed by atoms with Gasteiger partial charge in [-0.1, -0.05) is 6.07 Å². The molecule has 0 aliphatic heterocycles. The zero-order valence-electron chi connectivity index (χ0n) is 13.0. The Morgan fingerprint density at radius 3 is 2.79 bits per heavy atom. The number of rotatable bonds is 8. The van der Waals surface area contributed by atoms with Crippen molar-refractivity contribution in [1.29, 1.82) is 0 Å². The maximum absolute atomic E-state index is 11.8. The summed E-state index contributed by atoms with van der Waals surface area (Å²) in [5.41, 5.74) is 8.22. The molecular formula is C16H17N3O4S. The molecule has 2 rings (SSSR count). The summed E-state index contributed by atoms with van der Waals surface area (Å²) in [5.74, 6) is 0.0368. The number of nitrogens with two attached hydrogens (primary N) is 1. The second-order valence-electron chi connectivity index (χ2n) is 4.57. The number of hydrogen-bond acceptors (Lipinski definition) is 6. The smallest absolute Gasteiger partial charge is 0.281 e. The Morgan fingerprint density at radius 2 is 2.12 bits per heavy atom. The van der Waals surface area contributed by atoms with Crippen LogP contribution in [-0.2, 0) is 4.79 Å². The van der Waals surface area contributed by atoms with Gasteiger partial charge in [-0.15, -0.1) is 11.3 Å². The first kappa shape index (κ1) is 17.5. The van der Waals surface area contributed by atoms with Crippen LogP contribution in [0.25, 0.3) is 0 Å². The topological polar surface area (TPSA) is 103 Å². The predicted molar refractivity (Wildman–Crippen MR) is 91.7 cm³/mol. The molecule has 7 nitrogen and oxygen atoms in total. The number of thiophene rings is 1. The Morgan fingerprint density at radius 1 is 1.29 bits per heavy atom. The van der Waals surface area contributed by atoms with E-state index in [0.29, 0.717) is 28.5 Å². The van der Waals surface area contributed by atoms with Gasteiger partial charge in [0, 0.05) is 0 Å². The third-order valence-electron chi connectivity index (χ3n) is 2.76. The van der Waals surface area contributed by atoms with Crippen LogP contribution in [0.15, 0.2) is 40.8 Å². The van der Waals surface area contributed by atoms with Crippen molar-refractivity contribution in [2.45, 2.75) is 6.92 Å². The average Bonchev–Trinajstić information content (AvgIpc) is 3.08. The molecule has 126 valence electrons. The molecule has 8 heteroatoms. The summed E-state index contributed by atoms with van der Waals surface area (Å²) in [4.78, 5) is 23.2. The van der Waals surface area contributed by atoms with Crippen molar-refractivity contribution in [1.82, 2.24) is 5.43 Å². The number of nitrogens with one attached hydrogen (secondary N) is 1. The van der Waals surface area contributed by atoms with Crippen molar-refractivity contribution in [3.05, 3.63) is 46.2 Å². The van der Waals surface area contributed by atoms with Crippen LogP contribution in [0, 0.1) is 0 Å². The molecule has 0 bridgehead atoms. The van der Waals surface area contributed by atoms with E-state index in [0.717, 1.165) is 0 Å². The molecule has 0 saturated heterocycles. The minimum atomic E-state index is -0.570. The lowest BCUT2D eigenvalue weighted by atomic mass is 10.2. The highest BCUT2D eigenvalue weighted by Gasteiger charge is 2.08. The molecule has 0 atom stereocenters. The van der Waals surface area contributed by atoms with Gasteiger partial charge in [-0.25, -0.2) is 5.43 Å². The van der Waals surface area contributed by atoms with E-state index in [9.17, 15) is 9.59 Å². The highest BCUT2D eigenvalue weighted by Crippen LogP contribution is 2.28. The standard InChI is InChI=1S/C16H17N3O4S/c1-2-22-13-8-11(5-6-12(13)23-10-15(17)20)9-18-19-16(21)14-4-3-7-24-14/h3-9H,2,10H2,1H3,(H2,17,20)(H,19,21)/b18-9-. The van der Waals surface area contributed by atoms with Gasteiger partial charge in [0.2, 0.25) is 0 Å². The highest BCUT2D eigenvalue weighted by molar-refractivity contribution is 7.12. The number of carbonyl (C=O) groups is 2. The average molecular weight is 347 g/mol. The van der Waals surface area contributed by atoms with Gasteiger partial charge in [0.1, 0.15) is 0 Å². The molecule has 3 N–H and O–H groups in total. The zero-order chi connectivity index (χ0) is 17.4. The fourth-order valence-corrected chi connectivity index (χ4v) is 2.38. The van der Waals surface area contributed by atoms with Gasteiger partial charge in [-0.05, 0) is 42.1 Å². The predicted octanol–water partition coefficient (Wildman–Crippen LogP) is 1.77. The van der Waals surface area contributed by atoms with Crippen LogP contribution >= 0.6 is 11.3 Å². The van der Waals surface area contributed by atoms with Crippen LogP contribution in [-0.4, -0.2) is 31.2 Å². The van der Waals surface area contributed by atoms with E-state index in [4.69, 9.17) is 15.2 Å². The van der Waals surface area contributed by atoms with Crippen molar-refractivity contribution in [3.8, 4) is 11.5 Å². The Kier molecular flexibility index (Phi) is 6.32. The van der Waals surface area contributed by atoms with E-state index in [-0.39, 0.29) is 12.5 Å². The van der Waals surface area contributed by atoms with Crippen LogP contribution in [0.4, 0.5) is 0 Å². The lowest BCUT2D eigenvalue weighted by Gasteiger charge is -2.11. The number of carbonyl (C=O) groups excluding carboxylic acids is 2. The monoisotopic (exact) mass is 347 g/mol. The van der Waals surface area contributed by atoms with Gasteiger partial charge in [0.05, 0.1) is 17.7 Å². The summed E-state index contributed by atoms with van der Waals surface area (Å²) in [6, 6.07) is 8.58. The Bertz CT molecular complexity index is 729. The van der Waals surface area contributed by atoms with E-state index in [1.165, 1.54) is 17.6 Å². The quantitative estimate of drug-likeness (QED) is 0.561. The number of primary amides is 1. The molecule has 0 saturated carbocycles. The summed E-state index contributed by atoms with van der Waals surface area (Å²) in [6.45, 7) is 2.03. The van der Waals surface area contributed by atoms with Crippen molar-refractivity contribution in [3.63, 3.8) is 0 Å². The molecule has 2 amide bonds. The lowest BCUT2D eigenvalue weighted by Crippen LogP contribution is -2.20.